The third-order valence-corrected chi connectivity index (χ3v) is 3.96. The summed E-state index contributed by atoms with van der Waals surface area (Å²) in [6, 6.07) is 5.46. The number of hydrogen-bond acceptors (Lipinski definition) is 2. The van der Waals surface area contributed by atoms with E-state index in [1.54, 1.807) is 20.2 Å². The SMILES string of the molecule is Cc1cccc(C(=O)NCCNC(=O)N(C)C)c1I. The van der Waals surface area contributed by atoms with E-state index in [9.17, 15) is 9.59 Å². The molecule has 19 heavy (non-hydrogen) atoms. The van der Waals surface area contributed by atoms with Crippen LogP contribution in [0, 0.1) is 10.5 Å². The van der Waals surface area contributed by atoms with E-state index in [1.165, 1.54) is 4.90 Å². The monoisotopic (exact) mass is 375 g/mol. The van der Waals surface area contributed by atoms with Crippen molar-refractivity contribution in [3.05, 3.63) is 32.9 Å². The van der Waals surface area contributed by atoms with Crippen molar-refractivity contribution in [3.63, 3.8) is 0 Å². The molecule has 0 aliphatic rings. The zero-order valence-corrected chi connectivity index (χ0v) is 13.4. The smallest absolute Gasteiger partial charge is 0.316 e. The van der Waals surface area contributed by atoms with Crippen LogP contribution < -0.4 is 10.6 Å². The van der Waals surface area contributed by atoms with Crippen LogP contribution in [0.1, 0.15) is 15.9 Å². The van der Waals surface area contributed by atoms with Gasteiger partial charge in [0.1, 0.15) is 0 Å². The van der Waals surface area contributed by atoms with Crippen molar-refractivity contribution in [1.29, 1.82) is 0 Å². The standard InChI is InChI=1S/C13H18IN3O2/c1-9-5-4-6-10(11(9)14)12(18)15-7-8-16-13(19)17(2)3/h4-6H,7-8H2,1-3H3,(H,15,18)(H,16,19). The number of carbonyl (C=O) groups is 2. The largest absolute Gasteiger partial charge is 0.350 e. The molecule has 0 aromatic heterocycles. The molecule has 3 amide bonds. The predicted octanol–water partition coefficient (Wildman–Crippen LogP) is 1.60. The fourth-order valence-corrected chi connectivity index (χ4v) is 2.03. The highest BCUT2D eigenvalue weighted by Crippen LogP contribution is 2.16. The Kier molecular flexibility index (Phi) is 6.07. The van der Waals surface area contributed by atoms with Gasteiger partial charge in [-0.2, -0.15) is 0 Å². The molecule has 0 saturated carbocycles. The number of benzene rings is 1. The quantitative estimate of drug-likeness (QED) is 0.621. The van der Waals surface area contributed by atoms with Crippen LogP contribution in [0.15, 0.2) is 18.2 Å². The topological polar surface area (TPSA) is 61.4 Å². The van der Waals surface area contributed by atoms with Crippen LogP contribution >= 0.6 is 22.6 Å². The molecule has 1 aromatic rings. The Balaban J connectivity index is 2.44. The molecule has 104 valence electrons. The van der Waals surface area contributed by atoms with Crippen LogP contribution in [0.25, 0.3) is 0 Å². The number of nitrogens with zero attached hydrogens (tertiary/aromatic N) is 1. The highest BCUT2D eigenvalue weighted by Gasteiger charge is 2.10. The molecule has 0 bridgehead atoms. The fraction of sp³-hybridized carbons (Fsp3) is 0.385. The lowest BCUT2D eigenvalue weighted by atomic mass is 10.1. The molecule has 0 aliphatic heterocycles. The first-order valence-electron chi connectivity index (χ1n) is 5.92. The molecule has 0 saturated heterocycles. The lowest BCUT2D eigenvalue weighted by Crippen LogP contribution is -2.39. The van der Waals surface area contributed by atoms with E-state index in [0.29, 0.717) is 18.7 Å². The highest BCUT2D eigenvalue weighted by atomic mass is 127. The lowest BCUT2D eigenvalue weighted by Gasteiger charge is -2.12. The fourth-order valence-electron chi connectivity index (χ4n) is 1.42. The van der Waals surface area contributed by atoms with Crippen LogP contribution in [0.5, 0.6) is 0 Å². The maximum absolute atomic E-state index is 12.0. The van der Waals surface area contributed by atoms with Crippen LogP contribution in [0.2, 0.25) is 0 Å². The van der Waals surface area contributed by atoms with Crippen molar-refractivity contribution < 1.29 is 9.59 Å². The summed E-state index contributed by atoms with van der Waals surface area (Å²) in [5.41, 5.74) is 1.74. The van der Waals surface area contributed by atoms with Gasteiger partial charge in [-0.3, -0.25) is 4.79 Å². The number of carbonyl (C=O) groups excluding carboxylic acids is 2. The van der Waals surface area contributed by atoms with Crippen LogP contribution in [-0.2, 0) is 0 Å². The van der Waals surface area contributed by atoms with Gasteiger partial charge in [-0.15, -0.1) is 0 Å². The summed E-state index contributed by atoms with van der Waals surface area (Å²) in [5, 5.41) is 5.47. The van der Waals surface area contributed by atoms with Crippen LogP contribution in [-0.4, -0.2) is 44.0 Å². The Labute approximate surface area is 126 Å². The van der Waals surface area contributed by atoms with Gasteiger partial charge < -0.3 is 15.5 Å². The summed E-state index contributed by atoms with van der Waals surface area (Å²) in [6.07, 6.45) is 0. The van der Waals surface area contributed by atoms with Gasteiger partial charge in [0.2, 0.25) is 0 Å². The van der Waals surface area contributed by atoms with Crippen molar-refractivity contribution in [3.8, 4) is 0 Å². The Bertz CT molecular complexity index is 475. The van der Waals surface area contributed by atoms with Gasteiger partial charge in [0, 0.05) is 30.8 Å². The van der Waals surface area contributed by atoms with Gasteiger partial charge in [0.15, 0.2) is 0 Å². The Morgan fingerprint density at radius 2 is 1.84 bits per heavy atom. The molecule has 0 heterocycles. The minimum absolute atomic E-state index is 0.118. The summed E-state index contributed by atoms with van der Waals surface area (Å²) < 4.78 is 0.954. The van der Waals surface area contributed by atoms with Gasteiger partial charge in [-0.25, -0.2) is 4.79 Å². The van der Waals surface area contributed by atoms with Crippen molar-refractivity contribution in [1.82, 2.24) is 15.5 Å². The average Bonchev–Trinajstić information content (AvgIpc) is 2.37. The molecule has 0 unspecified atom stereocenters. The summed E-state index contributed by atoms with van der Waals surface area (Å²) in [5.74, 6) is -0.118. The number of aryl methyl sites for hydroxylation is 1. The lowest BCUT2D eigenvalue weighted by molar-refractivity contribution is 0.0952. The second-order valence-electron chi connectivity index (χ2n) is 4.32. The second-order valence-corrected chi connectivity index (χ2v) is 5.40. The molecular weight excluding hydrogens is 357 g/mol. The van der Waals surface area contributed by atoms with Gasteiger partial charge in [-0.1, -0.05) is 12.1 Å². The minimum atomic E-state index is -0.167. The van der Waals surface area contributed by atoms with Crippen LogP contribution in [0.3, 0.4) is 0 Å². The Morgan fingerprint density at radius 3 is 2.47 bits per heavy atom. The Morgan fingerprint density at radius 1 is 1.21 bits per heavy atom. The molecule has 0 atom stereocenters. The summed E-state index contributed by atoms with van der Waals surface area (Å²) in [7, 11) is 3.34. The average molecular weight is 375 g/mol. The molecule has 1 aromatic carbocycles. The first-order valence-corrected chi connectivity index (χ1v) is 7.00. The van der Waals surface area contributed by atoms with Crippen molar-refractivity contribution in [2.24, 2.45) is 0 Å². The summed E-state index contributed by atoms with van der Waals surface area (Å²) >= 11 is 2.16. The zero-order chi connectivity index (χ0) is 14.4. The number of rotatable bonds is 4. The van der Waals surface area contributed by atoms with E-state index < -0.39 is 0 Å². The number of hydrogen-bond donors (Lipinski definition) is 2. The van der Waals surface area contributed by atoms with Crippen molar-refractivity contribution in [2.75, 3.05) is 27.2 Å². The minimum Gasteiger partial charge on any atom is -0.350 e. The van der Waals surface area contributed by atoms with Crippen LogP contribution in [0.4, 0.5) is 4.79 Å². The van der Waals surface area contributed by atoms with Gasteiger partial charge in [0.25, 0.3) is 5.91 Å². The summed E-state index contributed by atoms with van der Waals surface area (Å²) in [6.45, 7) is 2.78. The molecule has 1 rings (SSSR count). The maximum atomic E-state index is 12.0. The number of nitrogens with one attached hydrogen (secondary N) is 2. The molecule has 2 N–H and O–H groups in total. The first-order chi connectivity index (χ1) is 8.93. The second kappa shape index (κ2) is 7.32. The third-order valence-electron chi connectivity index (χ3n) is 2.53. The third kappa shape index (κ3) is 4.70. The molecular formula is C13H18IN3O2. The van der Waals surface area contributed by atoms with E-state index >= 15 is 0 Å². The van der Waals surface area contributed by atoms with Crippen molar-refractivity contribution >= 4 is 34.5 Å². The molecule has 5 nitrogen and oxygen atoms in total. The van der Waals surface area contributed by atoms with Gasteiger partial charge in [-0.05, 0) is 41.1 Å². The van der Waals surface area contributed by atoms with E-state index in [4.69, 9.17) is 0 Å². The molecule has 0 radical (unpaired) electrons. The number of halogens is 1. The normalized spacial score (nSPS) is 9.89. The molecule has 6 heteroatoms. The molecule has 0 aliphatic carbocycles. The highest BCUT2D eigenvalue weighted by molar-refractivity contribution is 14.1. The zero-order valence-electron chi connectivity index (χ0n) is 11.3. The van der Waals surface area contributed by atoms with E-state index in [-0.39, 0.29) is 11.9 Å². The number of urea groups is 1. The van der Waals surface area contributed by atoms with Gasteiger partial charge in [0.05, 0.1) is 5.56 Å². The van der Waals surface area contributed by atoms with E-state index in [2.05, 4.69) is 33.2 Å². The van der Waals surface area contributed by atoms with Gasteiger partial charge >= 0.3 is 6.03 Å². The summed E-state index contributed by atoms with van der Waals surface area (Å²) in [4.78, 5) is 24.7. The first kappa shape index (κ1) is 15.7. The molecule has 0 fully saturated rings. The van der Waals surface area contributed by atoms with Crippen molar-refractivity contribution in [2.45, 2.75) is 6.92 Å². The number of amides is 3. The Hall–Kier alpha value is -1.31. The molecule has 0 spiro atoms. The maximum Gasteiger partial charge on any atom is 0.316 e. The van der Waals surface area contributed by atoms with E-state index in [0.717, 1.165) is 9.13 Å². The van der Waals surface area contributed by atoms with E-state index in [1.807, 2.05) is 19.1 Å². The predicted molar refractivity (Wildman–Crippen MR) is 83.3 cm³/mol.